The molecule has 2 aromatic rings. The van der Waals surface area contributed by atoms with Crippen molar-refractivity contribution in [3.63, 3.8) is 0 Å². The van der Waals surface area contributed by atoms with Crippen LogP contribution in [0, 0.1) is 5.92 Å². The summed E-state index contributed by atoms with van der Waals surface area (Å²) in [7, 11) is 2.20. The smallest absolute Gasteiger partial charge is 0.178 e. The fraction of sp³-hybridized carbons (Fsp3) is 0.565. The van der Waals surface area contributed by atoms with E-state index in [2.05, 4.69) is 31.0 Å². The zero-order chi connectivity index (χ0) is 20.8. The third kappa shape index (κ3) is 6.16. The molecule has 2 aromatic heterocycles. The second kappa shape index (κ2) is 11.1. The van der Waals surface area contributed by atoms with Crippen molar-refractivity contribution in [3.05, 3.63) is 21.9 Å². The van der Waals surface area contributed by atoms with Gasteiger partial charge in [0.1, 0.15) is 0 Å². The molecule has 1 aliphatic rings. The van der Waals surface area contributed by atoms with Gasteiger partial charge in [-0.1, -0.05) is 75.8 Å². The van der Waals surface area contributed by atoms with Crippen LogP contribution in [0.25, 0.3) is 15.5 Å². The Morgan fingerprint density at radius 2 is 1.69 bits per heavy atom. The van der Waals surface area contributed by atoms with Gasteiger partial charge in [-0.2, -0.15) is 0 Å². The molecule has 0 amide bonds. The number of fused-ring (bicyclic) bond motifs is 1. The Morgan fingerprint density at radius 3 is 2.31 bits per heavy atom. The molecule has 1 aliphatic heterocycles. The van der Waals surface area contributed by atoms with Crippen LogP contribution in [0.5, 0.6) is 0 Å². The number of hydrogen-bond donors (Lipinski definition) is 0. The van der Waals surface area contributed by atoms with E-state index in [4.69, 9.17) is 12.2 Å². The number of thiophene rings is 2. The second-order valence-corrected chi connectivity index (χ2v) is 11.8. The first-order chi connectivity index (χ1) is 14.0. The van der Waals surface area contributed by atoms with Crippen molar-refractivity contribution >= 4 is 77.1 Å². The molecule has 158 valence electrons. The van der Waals surface area contributed by atoms with Crippen LogP contribution in [0.4, 0.5) is 5.00 Å². The van der Waals surface area contributed by atoms with E-state index in [-0.39, 0.29) is 11.7 Å². The summed E-state index contributed by atoms with van der Waals surface area (Å²) in [5.74, 6) is 0.0430. The highest BCUT2D eigenvalue weighted by molar-refractivity contribution is 8.27. The number of allylic oxidation sites excluding steroid dienone is 1. The summed E-state index contributed by atoms with van der Waals surface area (Å²) in [6.07, 6.45) is 12.9. The molecule has 6 heteroatoms. The van der Waals surface area contributed by atoms with Crippen LogP contribution < -0.4 is 4.90 Å². The summed E-state index contributed by atoms with van der Waals surface area (Å²) in [6.45, 7) is 5.30. The molecule has 1 unspecified atom stereocenters. The van der Waals surface area contributed by atoms with Gasteiger partial charge in [0.15, 0.2) is 5.78 Å². The van der Waals surface area contributed by atoms with Crippen LogP contribution in [-0.4, -0.2) is 23.6 Å². The first-order valence-electron chi connectivity index (χ1n) is 10.7. The van der Waals surface area contributed by atoms with Crippen molar-refractivity contribution in [2.75, 3.05) is 18.5 Å². The Balaban J connectivity index is 1.49. The van der Waals surface area contributed by atoms with E-state index in [1.165, 1.54) is 77.5 Å². The Kier molecular flexibility index (Phi) is 8.78. The largest absolute Gasteiger partial charge is 0.366 e. The van der Waals surface area contributed by atoms with Gasteiger partial charge >= 0.3 is 0 Å². The average molecular weight is 466 g/mol. The second-order valence-electron chi connectivity index (χ2n) is 7.87. The Hall–Kier alpha value is -0.690. The molecule has 1 fully saturated rings. The van der Waals surface area contributed by atoms with Gasteiger partial charge in [-0.15, -0.1) is 22.7 Å². The van der Waals surface area contributed by atoms with E-state index in [1.807, 2.05) is 24.3 Å². The molecule has 0 aliphatic carbocycles. The van der Waals surface area contributed by atoms with E-state index < -0.39 is 0 Å². The Morgan fingerprint density at radius 1 is 1.03 bits per heavy atom. The summed E-state index contributed by atoms with van der Waals surface area (Å²) in [4.78, 5) is 16.6. The summed E-state index contributed by atoms with van der Waals surface area (Å²) in [5, 5.41) is 1.34. The van der Waals surface area contributed by atoms with Crippen molar-refractivity contribution in [1.29, 1.82) is 0 Å². The zero-order valence-electron chi connectivity index (χ0n) is 17.7. The fourth-order valence-electron chi connectivity index (χ4n) is 3.49. The summed E-state index contributed by atoms with van der Waals surface area (Å²) >= 11 is 10.4. The molecule has 3 rings (SSSR count). The van der Waals surface area contributed by atoms with E-state index in [0.717, 1.165) is 20.5 Å². The number of thiocarbonyl (C=S) groups is 1. The van der Waals surface area contributed by atoms with E-state index in [9.17, 15) is 4.79 Å². The number of ketones is 1. The van der Waals surface area contributed by atoms with Crippen molar-refractivity contribution in [2.24, 2.45) is 5.92 Å². The number of Topliss-reactive ketones (excluding diaryl/α,β-unsaturated/α-hetero) is 1. The number of nitrogens with zero attached hydrogens (tertiary/aromatic N) is 1. The van der Waals surface area contributed by atoms with Crippen LogP contribution in [0.15, 0.2) is 17.0 Å². The summed E-state index contributed by atoms with van der Waals surface area (Å²) in [5.41, 5.74) is 0. The highest BCUT2D eigenvalue weighted by Crippen LogP contribution is 2.41. The van der Waals surface area contributed by atoms with Crippen molar-refractivity contribution in [3.8, 4) is 0 Å². The van der Waals surface area contributed by atoms with E-state index in [1.54, 1.807) is 11.3 Å². The summed E-state index contributed by atoms with van der Waals surface area (Å²) in [6, 6.07) is 4.51. The summed E-state index contributed by atoms with van der Waals surface area (Å²) < 4.78 is 3.42. The van der Waals surface area contributed by atoms with Gasteiger partial charge in [0.05, 0.1) is 20.0 Å². The van der Waals surface area contributed by atoms with Crippen molar-refractivity contribution < 1.29 is 4.79 Å². The molecule has 29 heavy (non-hydrogen) atoms. The minimum absolute atomic E-state index is 0.126. The van der Waals surface area contributed by atoms with Crippen LogP contribution in [0.3, 0.4) is 0 Å². The number of carbonyl (C=O) groups excluding carboxylic acids is 1. The van der Waals surface area contributed by atoms with Crippen LogP contribution >= 0.6 is 46.7 Å². The van der Waals surface area contributed by atoms with Crippen LogP contribution in [0.2, 0.25) is 0 Å². The third-order valence-electron chi connectivity index (χ3n) is 5.41. The minimum Gasteiger partial charge on any atom is -0.366 e. The van der Waals surface area contributed by atoms with Gasteiger partial charge in [0, 0.05) is 27.9 Å². The van der Waals surface area contributed by atoms with Crippen LogP contribution in [-0.2, 0) is 4.79 Å². The maximum atomic E-state index is 12.3. The van der Waals surface area contributed by atoms with Gasteiger partial charge in [0.25, 0.3) is 0 Å². The topological polar surface area (TPSA) is 20.3 Å². The molecule has 0 N–H and O–H groups in total. The molecule has 1 atom stereocenters. The first-order valence-corrected chi connectivity index (χ1v) is 13.6. The van der Waals surface area contributed by atoms with Crippen LogP contribution in [0.1, 0.15) is 70.1 Å². The maximum absolute atomic E-state index is 12.3. The lowest BCUT2D eigenvalue weighted by Gasteiger charge is -2.16. The molecule has 0 spiro atoms. The van der Waals surface area contributed by atoms with Gasteiger partial charge in [-0.25, -0.2) is 0 Å². The zero-order valence-corrected chi connectivity index (χ0v) is 20.9. The number of carbonyl (C=O) groups is 1. The predicted octanol–water partition coefficient (Wildman–Crippen LogP) is 8.16. The monoisotopic (exact) mass is 465 g/mol. The number of hydrogen-bond acceptors (Lipinski definition) is 6. The molecule has 0 aromatic carbocycles. The predicted molar refractivity (Wildman–Crippen MR) is 138 cm³/mol. The molecule has 1 saturated heterocycles. The lowest BCUT2D eigenvalue weighted by Crippen LogP contribution is -2.16. The molecular formula is C23H31NOS4. The first kappa shape index (κ1) is 23.0. The normalized spacial score (nSPS) is 18.4. The molecule has 2 nitrogen and oxygen atoms in total. The third-order valence-corrected chi connectivity index (χ3v) is 9.46. The van der Waals surface area contributed by atoms with E-state index >= 15 is 0 Å². The molecular weight excluding hydrogens is 435 g/mol. The quantitative estimate of drug-likeness (QED) is 0.189. The van der Waals surface area contributed by atoms with Gasteiger partial charge in [0.2, 0.25) is 0 Å². The highest BCUT2D eigenvalue weighted by Gasteiger charge is 2.31. The van der Waals surface area contributed by atoms with Gasteiger partial charge in [-0.05, 0) is 31.6 Å². The maximum Gasteiger partial charge on any atom is 0.178 e. The van der Waals surface area contributed by atoms with E-state index in [0.29, 0.717) is 0 Å². The SMILES string of the molecule is CCCCCCCCCCN(C)c1cc2sc(/C=C3\SC(=S)C(C)C3=O)cc2s1. The molecule has 0 radical (unpaired) electrons. The lowest BCUT2D eigenvalue weighted by atomic mass is 10.1. The highest BCUT2D eigenvalue weighted by atomic mass is 32.2. The Bertz CT molecular complexity index is 847. The van der Waals surface area contributed by atoms with Gasteiger partial charge < -0.3 is 4.90 Å². The standard InChI is InChI=1S/C23H31NOS4/c1-4-5-6-7-8-9-10-11-12-24(3)21-15-19-18(28-21)13-17(27-19)14-20-22(25)16(2)23(26)29-20/h13-16H,4-12H2,1-3H3/b20-14-. The minimum atomic E-state index is -0.126. The molecule has 0 saturated carbocycles. The molecule has 3 heterocycles. The van der Waals surface area contributed by atoms with Crippen molar-refractivity contribution in [1.82, 2.24) is 0 Å². The number of thioether (sulfide) groups is 1. The number of anilines is 1. The lowest BCUT2D eigenvalue weighted by molar-refractivity contribution is -0.115. The average Bonchev–Trinajstić information content (AvgIpc) is 3.33. The van der Waals surface area contributed by atoms with Gasteiger partial charge in [-0.3, -0.25) is 4.79 Å². The van der Waals surface area contributed by atoms with Crippen molar-refractivity contribution in [2.45, 2.75) is 65.2 Å². The fourth-order valence-corrected chi connectivity index (χ4v) is 7.24. The number of rotatable bonds is 11. The molecule has 0 bridgehead atoms. The number of unbranched alkanes of at least 4 members (excludes halogenated alkanes) is 7. The Labute approximate surface area is 192 Å².